The van der Waals surface area contributed by atoms with E-state index in [4.69, 9.17) is 0 Å². The molecule has 0 aliphatic carbocycles. The van der Waals surface area contributed by atoms with Gasteiger partial charge in [-0.25, -0.2) is 4.79 Å². The number of carbonyl (C=O) groups is 1. The number of nitrogens with one attached hydrogen (secondary N) is 2. The first-order valence-corrected chi connectivity index (χ1v) is 8.83. The summed E-state index contributed by atoms with van der Waals surface area (Å²) in [5, 5.41) is 25.3. The quantitative estimate of drug-likeness (QED) is 0.588. The first-order chi connectivity index (χ1) is 13.1. The average Bonchev–Trinajstić information content (AvgIpc) is 2.65. The van der Waals surface area contributed by atoms with E-state index < -0.39 is 36.0 Å². The summed E-state index contributed by atoms with van der Waals surface area (Å²) >= 11 is 0. The van der Waals surface area contributed by atoms with Crippen molar-refractivity contribution in [3.63, 3.8) is 0 Å². The lowest BCUT2D eigenvalue weighted by molar-refractivity contribution is -0.137. The van der Waals surface area contributed by atoms with Crippen LogP contribution >= 0.6 is 0 Å². The van der Waals surface area contributed by atoms with E-state index >= 15 is 0 Å². The Labute approximate surface area is 161 Å². The number of urea groups is 1. The van der Waals surface area contributed by atoms with Gasteiger partial charge in [-0.05, 0) is 48.7 Å². The maximum atomic E-state index is 12.7. The minimum atomic E-state index is -4.45. The molecule has 2 aromatic carbocycles. The predicted molar refractivity (Wildman–Crippen MR) is 98.7 cm³/mol. The number of benzene rings is 2. The molecule has 0 saturated heterocycles. The Balaban J connectivity index is 2.01. The number of aliphatic hydroxyl groups excluding tert-OH is 1. The molecule has 3 unspecified atom stereocenters. The summed E-state index contributed by atoms with van der Waals surface area (Å²) < 4.78 is 38.0. The number of phenolic OH excluding ortho intramolecular Hbond substituents is 1. The van der Waals surface area contributed by atoms with E-state index in [1.165, 1.54) is 24.3 Å². The molecule has 0 saturated carbocycles. The second-order valence-electron chi connectivity index (χ2n) is 6.51. The molecule has 0 fully saturated rings. The molecule has 2 rings (SSSR count). The van der Waals surface area contributed by atoms with E-state index in [1.807, 2.05) is 0 Å². The molecular weight excluding hydrogens is 373 g/mol. The molecule has 2 aromatic rings. The third-order valence-electron chi connectivity index (χ3n) is 4.43. The maximum Gasteiger partial charge on any atom is 0.416 e. The van der Waals surface area contributed by atoms with Crippen LogP contribution in [0.3, 0.4) is 0 Å². The van der Waals surface area contributed by atoms with Gasteiger partial charge in [0.1, 0.15) is 5.75 Å². The van der Waals surface area contributed by atoms with Crippen molar-refractivity contribution in [3.8, 4) is 5.75 Å². The zero-order chi connectivity index (χ0) is 20.9. The standard InChI is InChI=1S/C20H23F3N2O3/c1-3-17(18(27)13-7-9-15(10-8-13)20(21,22)23)25-19(28)24-12(2)14-5-4-6-16(26)11-14/h4-12,17-18,26-27H,3H2,1-2H3,(H2,24,25,28). The van der Waals surface area contributed by atoms with Gasteiger partial charge in [-0.15, -0.1) is 0 Å². The van der Waals surface area contributed by atoms with Gasteiger partial charge in [0.15, 0.2) is 0 Å². The molecule has 28 heavy (non-hydrogen) atoms. The number of phenols is 1. The van der Waals surface area contributed by atoms with Crippen LogP contribution in [0.1, 0.15) is 49.1 Å². The summed E-state index contributed by atoms with van der Waals surface area (Å²) in [6, 6.07) is 9.03. The van der Waals surface area contributed by atoms with Crippen molar-refractivity contribution in [2.75, 3.05) is 0 Å². The molecule has 2 amide bonds. The highest BCUT2D eigenvalue weighted by molar-refractivity contribution is 5.74. The number of aromatic hydroxyl groups is 1. The van der Waals surface area contributed by atoms with E-state index in [0.717, 1.165) is 12.1 Å². The number of hydrogen-bond acceptors (Lipinski definition) is 3. The molecule has 5 nitrogen and oxygen atoms in total. The fourth-order valence-electron chi connectivity index (χ4n) is 2.79. The lowest BCUT2D eigenvalue weighted by Gasteiger charge is -2.25. The summed E-state index contributed by atoms with van der Waals surface area (Å²) in [5.74, 6) is 0.0794. The molecule has 4 N–H and O–H groups in total. The van der Waals surface area contributed by atoms with E-state index in [-0.39, 0.29) is 11.3 Å². The fraction of sp³-hybridized carbons (Fsp3) is 0.350. The smallest absolute Gasteiger partial charge is 0.416 e. The van der Waals surface area contributed by atoms with Crippen LogP contribution in [-0.2, 0) is 6.18 Å². The van der Waals surface area contributed by atoms with Gasteiger partial charge in [-0.3, -0.25) is 0 Å². The van der Waals surface area contributed by atoms with Gasteiger partial charge in [-0.1, -0.05) is 31.2 Å². The fourth-order valence-corrected chi connectivity index (χ4v) is 2.79. The minimum absolute atomic E-state index is 0.0794. The lowest BCUT2D eigenvalue weighted by Crippen LogP contribution is -2.45. The van der Waals surface area contributed by atoms with Gasteiger partial charge < -0.3 is 20.8 Å². The van der Waals surface area contributed by atoms with Crippen LogP contribution in [0.15, 0.2) is 48.5 Å². The van der Waals surface area contributed by atoms with Crippen molar-refractivity contribution in [3.05, 3.63) is 65.2 Å². The third-order valence-corrected chi connectivity index (χ3v) is 4.43. The highest BCUT2D eigenvalue weighted by Crippen LogP contribution is 2.30. The van der Waals surface area contributed by atoms with E-state index in [0.29, 0.717) is 12.0 Å². The van der Waals surface area contributed by atoms with E-state index in [2.05, 4.69) is 10.6 Å². The molecule has 0 aromatic heterocycles. The molecule has 0 radical (unpaired) electrons. The van der Waals surface area contributed by atoms with Gasteiger partial charge in [0.25, 0.3) is 0 Å². The first-order valence-electron chi connectivity index (χ1n) is 8.83. The normalized spacial score (nSPS) is 14.8. The Kier molecular flexibility index (Phi) is 6.90. The number of amides is 2. The Morgan fingerprint density at radius 2 is 1.71 bits per heavy atom. The minimum Gasteiger partial charge on any atom is -0.508 e. The van der Waals surface area contributed by atoms with Crippen LogP contribution in [0.4, 0.5) is 18.0 Å². The van der Waals surface area contributed by atoms with Gasteiger partial charge in [0.05, 0.1) is 23.8 Å². The van der Waals surface area contributed by atoms with E-state index in [9.17, 15) is 28.2 Å². The SMILES string of the molecule is CCC(NC(=O)NC(C)c1cccc(O)c1)C(O)c1ccc(C(F)(F)F)cc1. The van der Waals surface area contributed by atoms with Crippen LogP contribution in [0.25, 0.3) is 0 Å². The highest BCUT2D eigenvalue weighted by atomic mass is 19.4. The zero-order valence-electron chi connectivity index (χ0n) is 15.5. The van der Waals surface area contributed by atoms with Crippen molar-refractivity contribution in [2.45, 2.75) is 44.6 Å². The second kappa shape index (κ2) is 8.97. The maximum absolute atomic E-state index is 12.7. The van der Waals surface area contributed by atoms with Crippen LogP contribution in [0.5, 0.6) is 5.75 Å². The molecule has 8 heteroatoms. The molecule has 0 aliphatic rings. The summed E-state index contributed by atoms with van der Waals surface area (Å²) in [6.45, 7) is 3.48. The summed E-state index contributed by atoms with van der Waals surface area (Å²) in [6.07, 6.45) is -5.24. The molecule has 152 valence electrons. The largest absolute Gasteiger partial charge is 0.508 e. The Bertz CT molecular complexity index is 794. The predicted octanol–water partition coefficient (Wildman–Crippen LogP) is 4.28. The summed E-state index contributed by atoms with van der Waals surface area (Å²) in [4.78, 5) is 12.3. The van der Waals surface area contributed by atoms with E-state index in [1.54, 1.807) is 26.0 Å². The number of aliphatic hydroxyl groups is 1. The summed E-state index contributed by atoms with van der Waals surface area (Å²) in [7, 11) is 0. The van der Waals surface area contributed by atoms with Crippen molar-refractivity contribution in [1.29, 1.82) is 0 Å². The second-order valence-corrected chi connectivity index (χ2v) is 6.51. The highest BCUT2D eigenvalue weighted by Gasteiger charge is 2.30. The van der Waals surface area contributed by atoms with Crippen LogP contribution < -0.4 is 10.6 Å². The van der Waals surface area contributed by atoms with Crippen LogP contribution in [0, 0.1) is 0 Å². The van der Waals surface area contributed by atoms with Crippen molar-refractivity contribution in [2.24, 2.45) is 0 Å². The molecule has 0 heterocycles. The van der Waals surface area contributed by atoms with Crippen molar-refractivity contribution < 1.29 is 28.2 Å². The van der Waals surface area contributed by atoms with Gasteiger partial charge in [0.2, 0.25) is 0 Å². The zero-order valence-corrected chi connectivity index (χ0v) is 15.5. The molecular formula is C20H23F3N2O3. The number of rotatable bonds is 6. The van der Waals surface area contributed by atoms with Gasteiger partial charge in [-0.2, -0.15) is 13.2 Å². The molecule has 3 atom stereocenters. The van der Waals surface area contributed by atoms with Crippen molar-refractivity contribution in [1.82, 2.24) is 10.6 Å². The Morgan fingerprint density at radius 1 is 1.07 bits per heavy atom. The summed E-state index contributed by atoms with van der Waals surface area (Å²) in [5.41, 5.74) is 0.176. The van der Waals surface area contributed by atoms with Gasteiger partial charge in [0, 0.05) is 0 Å². The molecule has 0 aliphatic heterocycles. The lowest BCUT2D eigenvalue weighted by atomic mass is 9.99. The Hall–Kier alpha value is -2.74. The molecule has 0 spiro atoms. The number of hydrogen-bond donors (Lipinski definition) is 4. The number of halogens is 3. The first kappa shape index (κ1) is 21.6. The average molecular weight is 396 g/mol. The monoisotopic (exact) mass is 396 g/mol. The van der Waals surface area contributed by atoms with Gasteiger partial charge >= 0.3 is 12.2 Å². The van der Waals surface area contributed by atoms with Crippen LogP contribution in [0.2, 0.25) is 0 Å². The number of carbonyl (C=O) groups excluding carboxylic acids is 1. The Morgan fingerprint density at radius 3 is 2.25 bits per heavy atom. The topological polar surface area (TPSA) is 81.6 Å². The van der Waals surface area contributed by atoms with Crippen molar-refractivity contribution >= 4 is 6.03 Å². The number of alkyl halides is 3. The third kappa shape index (κ3) is 5.63. The molecule has 0 bridgehead atoms. The van der Waals surface area contributed by atoms with Crippen LogP contribution in [-0.4, -0.2) is 22.3 Å².